The minimum absolute atomic E-state index is 0.0181. The maximum absolute atomic E-state index is 14.1. The number of aromatic amines is 1. The van der Waals surface area contributed by atoms with Crippen LogP contribution in [0.1, 0.15) is 46.1 Å². The molecule has 3 aliphatic rings. The smallest absolute Gasteiger partial charge is 0.257 e. The summed E-state index contributed by atoms with van der Waals surface area (Å²) in [5.41, 5.74) is 2.48. The van der Waals surface area contributed by atoms with Crippen LogP contribution in [0.15, 0.2) is 35.3 Å². The molecule has 0 spiro atoms. The summed E-state index contributed by atoms with van der Waals surface area (Å²) in [4.78, 5) is 32.8. The lowest BCUT2D eigenvalue weighted by Crippen LogP contribution is -2.34. The first-order chi connectivity index (χ1) is 19.3. The SMILES string of the molecule is O=C1c2cc3c(cc2CN1CCN1CCCC1)NC(c1c(NCCc2c(F)c(F)cc(F)c2F)cc[nH]c1=O)N3. The molecule has 1 atom stereocenters. The zero-order valence-electron chi connectivity index (χ0n) is 21.6. The van der Waals surface area contributed by atoms with Crippen molar-refractivity contribution in [1.82, 2.24) is 14.8 Å². The fourth-order valence-electron chi connectivity index (χ4n) is 5.70. The third-order valence-corrected chi connectivity index (χ3v) is 7.79. The molecule has 1 aromatic heterocycles. The van der Waals surface area contributed by atoms with Crippen LogP contribution >= 0.6 is 0 Å². The molecule has 3 aliphatic heterocycles. The van der Waals surface area contributed by atoms with Crippen LogP contribution < -0.4 is 21.5 Å². The van der Waals surface area contributed by atoms with Gasteiger partial charge >= 0.3 is 0 Å². The van der Waals surface area contributed by atoms with Gasteiger partial charge in [0.1, 0.15) is 6.17 Å². The second-order valence-electron chi connectivity index (χ2n) is 10.3. The Labute approximate surface area is 227 Å². The Morgan fingerprint density at radius 3 is 2.35 bits per heavy atom. The number of amides is 1. The summed E-state index contributed by atoms with van der Waals surface area (Å²) in [6.07, 6.45) is 2.80. The molecule has 1 fully saturated rings. The van der Waals surface area contributed by atoms with E-state index in [1.807, 2.05) is 11.0 Å². The largest absolute Gasteiger partial charge is 0.384 e. The molecule has 210 valence electrons. The molecule has 0 bridgehead atoms. The maximum atomic E-state index is 14.1. The minimum atomic E-state index is -1.47. The average molecular weight is 557 g/mol. The van der Waals surface area contributed by atoms with E-state index in [0.717, 1.165) is 30.9 Å². The van der Waals surface area contributed by atoms with E-state index in [1.54, 1.807) is 12.1 Å². The van der Waals surface area contributed by atoms with Crippen molar-refractivity contribution in [2.75, 3.05) is 48.7 Å². The minimum Gasteiger partial charge on any atom is -0.384 e. The normalized spacial score (nSPS) is 18.1. The van der Waals surface area contributed by atoms with Crippen LogP contribution in [-0.2, 0) is 13.0 Å². The number of pyridine rings is 1. The molecule has 0 radical (unpaired) electrons. The summed E-state index contributed by atoms with van der Waals surface area (Å²) in [7, 11) is 0. The van der Waals surface area contributed by atoms with Gasteiger partial charge in [-0.05, 0) is 56.1 Å². The number of nitrogens with zero attached hydrogens (tertiary/aromatic N) is 2. The summed E-state index contributed by atoms with van der Waals surface area (Å²) >= 11 is 0. The second-order valence-corrected chi connectivity index (χ2v) is 10.3. The third kappa shape index (κ3) is 4.76. The summed E-state index contributed by atoms with van der Waals surface area (Å²) in [5, 5.41) is 9.48. The van der Waals surface area contributed by atoms with Crippen molar-refractivity contribution in [1.29, 1.82) is 0 Å². The van der Waals surface area contributed by atoms with Crippen molar-refractivity contribution in [3.05, 3.63) is 86.3 Å². The zero-order chi connectivity index (χ0) is 28.0. The molecular weight excluding hydrogens is 528 g/mol. The number of benzene rings is 2. The van der Waals surface area contributed by atoms with Gasteiger partial charge in [-0.3, -0.25) is 9.59 Å². The molecule has 0 aliphatic carbocycles. The summed E-state index contributed by atoms with van der Waals surface area (Å²) < 4.78 is 55.3. The molecule has 12 heteroatoms. The van der Waals surface area contributed by atoms with Crippen LogP contribution in [0.5, 0.6) is 0 Å². The van der Waals surface area contributed by atoms with E-state index < -0.39 is 40.6 Å². The van der Waals surface area contributed by atoms with Crippen molar-refractivity contribution >= 4 is 23.0 Å². The molecule has 2 aromatic carbocycles. The Balaban J connectivity index is 1.15. The van der Waals surface area contributed by atoms with Crippen LogP contribution in [-0.4, -0.2) is 53.4 Å². The predicted octanol–water partition coefficient (Wildman–Crippen LogP) is 4.17. The van der Waals surface area contributed by atoms with E-state index in [2.05, 4.69) is 25.8 Å². The lowest BCUT2D eigenvalue weighted by molar-refractivity contribution is 0.0763. The van der Waals surface area contributed by atoms with Gasteiger partial charge in [-0.15, -0.1) is 0 Å². The molecule has 3 aromatic rings. The highest BCUT2D eigenvalue weighted by molar-refractivity contribution is 6.01. The van der Waals surface area contributed by atoms with E-state index in [-0.39, 0.29) is 30.5 Å². The average Bonchev–Trinajstić information content (AvgIpc) is 3.66. The topological polar surface area (TPSA) is 92.5 Å². The van der Waals surface area contributed by atoms with E-state index in [1.165, 1.54) is 19.0 Å². The van der Waals surface area contributed by atoms with Gasteiger partial charge in [0.15, 0.2) is 23.3 Å². The number of rotatable bonds is 8. The van der Waals surface area contributed by atoms with Gasteiger partial charge in [-0.1, -0.05) is 0 Å². The number of hydrogen-bond acceptors (Lipinski definition) is 6. The molecule has 1 amide bonds. The Kier molecular flexibility index (Phi) is 6.87. The summed E-state index contributed by atoms with van der Waals surface area (Å²) in [6, 6.07) is 5.47. The van der Waals surface area contributed by atoms with Crippen molar-refractivity contribution in [3.63, 3.8) is 0 Å². The van der Waals surface area contributed by atoms with Gasteiger partial charge in [0, 0.05) is 55.3 Å². The highest BCUT2D eigenvalue weighted by atomic mass is 19.2. The maximum Gasteiger partial charge on any atom is 0.257 e. The van der Waals surface area contributed by atoms with Gasteiger partial charge in [0.05, 0.1) is 16.9 Å². The number of H-pyrrole nitrogens is 1. The third-order valence-electron chi connectivity index (χ3n) is 7.79. The number of carbonyl (C=O) groups excluding carboxylic acids is 1. The quantitative estimate of drug-likeness (QED) is 0.246. The number of nitrogens with one attached hydrogen (secondary N) is 4. The Morgan fingerprint density at radius 2 is 1.62 bits per heavy atom. The van der Waals surface area contributed by atoms with Gasteiger partial charge in [-0.2, -0.15) is 0 Å². The molecule has 4 N–H and O–H groups in total. The van der Waals surface area contributed by atoms with Gasteiger partial charge in [-0.25, -0.2) is 17.6 Å². The van der Waals surface area contributed by atoms with E-state index >= 15 is 0 Å². The molecule has 6 rings (SSSR count). The number of fused-ring (bicyclic) bond motifs is 2. The molecule has 1 saturated heterocycles. The van der Waals surface area contributed by atoms with Crippen LogP contribution in [0.4, 0.5) is 34.6 Å². The summed E-state index contributed by atoms with van der Waals surface area (Å²) in [5.74, 6) is -5.85. The lowest BCUT2D eigenvalue weighted by Gasteiger charge is -2.20. The van der Waals surface area contributed by atoms with E-state index in [0.29, 0.717) is 30.0 Å². The number of carbonyl (C=O) groups is 1. The molecule has 40 heavy (non-hydrogen) atoms. The van der Waals surface area contributed by atoms with Crippen LogP contribution in [0.2, 0.25) is 0 Å². The molecule has 0 saturated carbocycles. The predicted molar refractivity (Wildman–Crippen MR) is 142 cm³/mol. The van der Waals surface area contributed by atoms with Gasteiger partial charge in [0.2, 0.25) is 0 Å². The number of anilines is 3. The highest BCUT2D eigenvalue weighted by Gasteiger charge is 2.33. The van der Waals surface area contributed by atoms with E-state index in [9.17, 15) is 27.2 Å². The van der Waals surface area contributed by atoms with Crippen molar-refractivity contribution < 1.29 is 22.4 Å². The summed E-state index contributed by atoms with van der Waals surface area (Å²) in [6.45, 7) is 4.11. The van der Waals surface area contributed by atoms with Crippen molar-refractivity contribution in [2.45, 2.75) is 32.0 Å². The number of halogens is 4. The van der Waals surface area contributed by atoms with Crippen molar-refractivity contribution in [2.24, 2.45) is 0 Å². The number of likely N-dealkylation sites (tertiary alicyclic amines) is 1. The first-order valence-corrected chi connectivity index (χ1v) is 13.3. The first kappa shape index (κ1) is 26.2. The highest BCUT2D eigenvalue weighted by Crippen LogP contribution is 2.40. The fraction of sp³-hybridized carbons (Fsp3) is 0.357. The zero-order valence-corrected chi connectivity index (χ0v) is 21.6. The van der Waals surface area contributed by atoms with Crippen LogP contribution in [0.3, 0.4) is 0 Å². The molecule has 1 unspecified atom stereocenters. The number of aromatic nitrogens is 1. The van der Waals surface area contributed by atoms with E-state index in [4.69, 9.17) is 0 Å². The lowest BCUT2D eigenvalue weighted by atomic mass is 10.1. The Hall–Kier alpha value is -4.06. The van der Waals surface area contributed by atoms with Gasteiger partial charge < -0.3 is 30.7 Å². The molecular formula is C28H28F4N6O2. The second kappa shape index (κ2) is 10.5. The Morgan fingerprint density at radius 1 is 0.925 bits per heavy atom. The van der Waals surface area contributed by atoms with Gasteiger partial charge in [0.25, 0.3) is 11.5 Å². The number of hydrogen-bond donors (Lipinski definition) is 4. The monoisotopic (exact) mass is 556 g/mol. The van der Waals surface area contributed by atoms with Crippen molar-refractivity contribution in [3.8, 4) is 0 Å². The molecule has 8 nitrogen and oxygen atoms in total. The fourth-order valence-corrected chi connectivity index (χ4v) is 5.70. The van der Waals surface area contributed by atoms with Crippen LogP contribution in [0, 0.1) is 23.3 Å². The molecule has 4 heterocycles. The first-order valence-electron chi connectivity index (χ1n) is 13.3. The standard InChI is InChI=1S/C28H28F4N6O2/c29-18-13-19(30)25(32)16(24(18)31)3-5-33-20-4-6-34-27(39)23(20)26-35-21-11-15-14-38(10-9-37-7-1-2-8-37)28(40)17(15)12-22(21)36-26/h4,6,11-13,26,35-36H,1-3,5,7-10,14H2,(H2,33,34,39). The Bertz CT molecular complexity index is 1510. The van der Waals surface area contributed by atoms with Crippen LogP contribution in [0.25, 0.3) is 0 Å².